The van der Waals surface area contributed by atoms with Crippen LogP contribution in [0.4, 0.5) is 5.82 Å². The summed E-state index contributed by atoms with van der Waals surface area (Å²) < 4.78 is 5.46. The molecule has 1 aromatic heterocycles. The molecule has 0 unspecified atom stereocenters. The first-order chi connectivity index (χ1) is 8.08. The molecule has 3 nitrogen and oxygen atoms in total. The van der Waals surface area contributed by atoms with E-state index < -0.39 is 0 Å². The van der Waals surface area contributed by atoms with E-state index in [1.54, 1.807) is 24.3 Å². The fraction of sp³-hybridized carbons (Fsp3) is 0. The molecule has 2 aromatic rings. The molecule has 0 radical (unpaired) electrons. The highest BCUT2D eigenvalue weighted by atomic mass is 35.5. The molecule has 0 saturated carbocycles. The first-order valence-corrected chi connectivity index (χ1v) is 5.75. The number of nitrogens with zero attached hydrogens (tertiary/aromatic N) is 1. The fourth-order valence-electron chi connectivity index (χ4n) is 1.17. The van der Waals surface area contributed by atoms with E-state index in [0.29, 0.717) is 10.8 Å². The van der Waals surface area contributed by atoms with Crippen LogP contribution in [0.3, 0.4) is 0 Å². The second kappa shape index (κ2) is 5.00. The van der Waals surface area contributed by atoms with Crippen LogP contribution in [0.25, 0.3) is 0 Å². The van der Waals surface area contributed by atoms with Crippen LogP contribution in [0, 0.1) is 0 Å². The topological polar surface area (TPSA) is 48.1 Å². The van der Waals surface area contributed by atoms with Crippen molar-refractivity contribution in [1.82, 2.24) is 4.98 Å². The Morgan fingerprint density at radius 3 is 2.41 bits per heavy atom. The summed E-state index contributed by atoms with van der Waals surface area (Å²) in [7, 11) is 0. The summed E-state index contributed by atoms with van der Waals surface area (Å²) in [4.78, 5) is 3.94. The zero-order chi connectivity index (χ0) is 12.4. The molecule has 2 N–H and O–H groups in total. The Kier molecular flexibility index (Phi) is 3.62. The molecule has 0 aliphatic rings. The number of pyridine rings is 1. The van der Waals surface area contributed by atoms with Gasteiger partial charge in [-0.2, -0.15) is 4.98 Å². The van der Waals surface area contributed by atoms with Gasteiger partial charge in [0.2, 0.25) is 5.88 Å². The van der Waals surface area contributed by atoms with E-state index in [0.717, 1.165) is 0 Å². The monoisotopic (exact) mass is 288 g/mol. The highest BCUT2D eigenvalue weighted by Gasteiger charge is 2.10. The number of hydrogen-bond acceptors (Lipinski definition) is 3. The maximum absolute atomic E-state index is 5.94. The van der Waals surface area contributed by atoms with Gasteiger partial charge < -0.3 is 10.5 Å². The summed E-state index contributed by atoms with van der Waals surface area (Å²) >= 11 is 17.6. The van der Waals surface area contributed by atoms with Crippen LogP contribution in [-0.4, -0.2) is 4.98 Å². The van der Waals surface area contributed by atoms with Gasteiger partial charge in [0.25, 0.3) is 0 Å². The van der Waals surface area contributed by atoms with Crippen LogP contribution < -0.4 is 10.5 Å². The first kappa shape index (κ1) is 12.3. The Labute approximate surface area is 113 Å². The predicted octanol–water partition coefficient (Wildman–Crippen LogP) is 4.42. The van der Waals surface area contributed by atoms with Gasteiger partial charge in [-0.1, -0.05) is 46.9 Å². The number of benzene rings is 1. The summed E-state index contributed by atoms with van der Waals surface area (Å²) in [5.41, 5.74) is 5.57. The summed E-state index contributed by atoms with van der Waals surface area (Å²) in [5.74, 6) is 0.769. The summed E-state index contributed by atoms with van der Waals surface area (Å²) in [6.45, 7) is 0. The lowest BCUT2D eigenvalue weighted by atomic mass is 10.3. The normalized spacial score (nSPS) is 10.3. The summed E-state index contributed by atoms with van der Waals surface area (Å²) in [6.07, 6.45) is 0. The van der Waals surface area contributed by atoms with E-state index in [4.69, 9.17) is 45.3 Å². The number of nitrogen functional groups attached to an aromatic ring is 1. The maximum Gasteiger partial charge on any atom is 0.240 e. The van der Waals surface area contributed by atoms with Crippen molar-refractivity contribution in [2.24, 2.45) is 0 Å². The molecule has 0 fully saturated rings. The average molecular weight is 290 g/mol. The van der Waals surface area contributed by atoms with Crippen LogP contribution >= 0.6 is 34.8 Å². The third kappa shape index (κ3) is 2.75. The van der Waals surface area contributed by atoms with E-state index in [2.05, 4.69) is 4.98 Å². The Balaban J connectivity index is 2.37. The lowest BCUT2D eigenvalue weighted by Gasteiger charge is -2.09. The molecule has 0 aliphatic carbocycles. The number of rotatable bonds is 2. The molecule has 0 amide bonds. The van der Waals surface area contributed by atoms with Crippen molar-refractivity contribution in [3.05, 3.63) is 45.4 Å². The Hall–Kier alpha value is -1.16. The predicted molar refractivity (Wildman–Crippen MR) is 70.2 cm³/mol. The van der Waals surface area contributed by atoms with Gasteiger partial charge in [0.15, 0.2) is 0 Å². The van der Waals surface area contributed by atoms with Gasteiger partial charge in [0, 0.05) is 0 Å². The highest BCUT2D eigenvalue weighted by Crippen LogP contribution is 2.34. The molecule has 17 heavy (non-hydrogen) atoms. The molecule has 0 spiro atoms. The minimum atomic E-state index is 0.151. The Morgan fingerprint density at radius 2 is 1.71 bits per heavy atom. The van der Waals surface area contributed by atoms with Crippen molar-refractivity contribution >= 4 is 40.6 Å². The number of halogens is 3. The van der Waals surface area contributed by atoms with E-state index >= 15 is 0 Å². The van der Waals surface area contributed by atoms with Crippen molar-refractivity contribution in [1.29, 1.82) is 0 Å². The lowest BCUT2D eigenvalue weighted by molar-refractivity contribution is 0.464. The van der Waals surface area contributed by atoms with Gasteiger partial charge in [-0.15, -0.1) is 0 Å². The largest absolute Gasteiger partial charge is 0.436 e. The van der Waals surface area contributed by atoms with Gasteiger partial charge in [-0.3, -0.25) is 0 Å². The molecule has 0 aliphatic heterocycles. The molecule has 6 heteroatoms. The molecule has 1 aromatic carbocycles. The fourth-order valence-corrected chi connectivity index (χ4v) is 1.74. The molecule has 88 valence electrons. The van der Waals surface area contributed by atoms with Crippen LogP contribution in [-0.2, 0) is 0 Å². The number of aromatic nitrogens is 1. The molecule has 0 bridgehead atoms. The third-order valence-electron chi connectivity index (χ3n) is 1.97. The van der Waals surface area contributed by atoms with Gasteiger partial charge >= 0.3 is 0 Å². The number of nitrogens with two attached hydrogens (primary N) is 1. The molecular formula is C11H7Cl3N2O. The smallest absolute Gasteiger partial charge is 0.240 e. The molecule has 2 rings (SSSR count). The van der Waals surface area contributed by atoms with Crippen molar-refractivity contribution < 1.29 is 4.74 Å². The lowest BCUT2D eigenvalue weighted by Crippen LogP contribution is -1.96. The van der Waals surface area contributed by atoms with Crippen LogP contribution in [0.1, 0.15) is 0 Å². The number of hydrogen-bond donors (Lipinski definition) is 1. The van der Waals surface area contributed by atoms with Crippen LogP contribution in [0.5, 0.6) is 11.6 Å². The zero-order valence-electron chi connectivity index (χ0n) is 8.45. The maximum atomic E-state index is 5.94. The highest BCUT2D eigenvalue weighted by molar-refractivity contribution is 6.36. The quantitative estimate of drug-likeness (QED) is 0.890. The van der Waals surface area contributed by atoms with Crippen LogP contribution in [0.15, 0.2) is 30.3 Å². The Bertz CT molecular complexity index is 560. The second-order valence-corrected chi connectivity index (χ2v) is 4.40. The van der Waals surface area contributed by atoms with E-state index in [-0.39, 0.29) is 21.7 Å². The SMILES string of the molecule is Nc1nc(Oc2ccccc2Cl)c(Cl)cc1Cl. The van der Waals surface area contributed by atoms with Gasteiger partial charge in [0.1, 0.15) is 16.6 Å². The van der Waals surface area contributed by atoms with Crippen molar-refractivity contribution in [3.8, 4) is 11.6 Å². The van der Waals surface area contributed by atoms with E-state index in [9.17, 15) is 0 Å². The van der Waals surface area contributed by atoms with Crippen molar-refractivity contribution in [2.75, 3.05) is 5.73 Å². The molecule has 1 heterocycles. The van der Waals surface area contributed by atoms with Crippen molar-refractivity contribution in [2.45, 2.75) is 0 Å². The van der Waals surface area contributed by atoms with Gasteiger partial charge in [0.05, 0.1) is 10.0 Å². The Morgan fingerprint density at radius 1 is 1.00 bits per heavy atom. The average Bonchev–Trinajstić information content (AvgIpc) is 2.29. The molecule has 0 atom stereocenters. The minimum Gasteiger partial charge on any atom is -0.436 e. The standard InChI is InChI=1S/C11H7Cl3N2O/c12-6-3-1-2-4-9(6)17-11-8(14)5-7(13)10(15)16-11/h1-5H,(H2,15,16). The summed E-state index contributed by atoms with van der Waals surface area (Å²) in [5, 5.41) is 1.00. The van der Waals surface area contributed by atoms with Gasteiger partial charge in [-0.05, 0) is 18.2 Å². The van der Waals surface area contributed by atoms with E-state index in [1.165, 1.54) is 6.07 Å². The van der Waals surface area contributed by atoms with Crippen LogP contribution in [0.2, 0.25) is 15.1 Å². The zero-order valence-corrected chi connectivity index (χ0v) is 10.7. The minimum absolute atomic E-state index is 0.151. The number of anilines is 1. The van der Waals surface area contributed by atoms with Crippen molar-refractivity contribution in [3.63, 3.8) is 0 Å². The second-order valence-electron chi connectivity index (χ2n) is 3.17. The number of ether oxygens (including phenoxy) is 1. The molecular weight excluding hydrogens is 282 g/mol. The van der Waals surface area contributed by atoms with E-state index in [1.807, 2.05) is 0 Å². The first-order valence-electron chi connectivity index (χ1n) is 4.62. The summed E-state index contributed by atoms with van der Waals surface area (Å²) in [6, 6.07) is 8.45. The van der Waals surface area contributed by atoms with Gasteiger partial charge in [-0.25, -0.2) is 0 Å². The third-order valence-corrected chi connectivity index (χ3v) is 2.85. The number of para-hydroxylation sites is 1. The molecule has 0 saturated heterocycles.